The Labute approximate surface area is 123 Å². The van der Waals surface area contributed by atoms with Crippen molar-refractivity contribution in [2.24, 2.45) is 0 Å². The lowest BCUT2D eigenvalue weighted by Crippen LogP contribution is -2.08. The Morgan fingerprint density at radius 2 is 1.71 bits per heavy atom. The van der Waals surface area contributed by atoms with Crippen LogP contribution in [0.4, 0.5) is 0 Å². The van der Waals surface area contributed by atoms with Crippen molar-refractivity contribution in [2.45, 2.75) is 0 Å². The lowest BCUT2D eigenvalue weighted by molar-refractivity contribution is 0.112. The van der Waals surface area contributed by atoms with Gasteiger partial charge in [0.2, 0.25) is 0 Å². The van der Waals surface area contributed by atoms with Gasteiger partial charge < -0.3 is 14.2 Å². The molecule has 0 aliphatic heterocycles. The second kappa shape index (κ2) is 8.24. The molecule has 0 atom stereocenters. The van der Waals surface area contributed by atoms with Crippen molar-refractivity contribution in [3.8, 4) is 11.5 Å². The maximum atomic E-state index is 5.58. The summed E-state index contributed by atoms with van der Waals surface area (Å²) in [6.45, 7) is 1.70. The number of benzene rings is 1. The van der Waals surface area contributed by atoms with Crippen molar-refractivity contribution in [3.63, 3.8) is 0 Å². The van der Waals surface area contributed by atoms with E-state index in [4.69, 9.17) is 14.2 Å². The van der Waals surface area contributed by atoms with Gasteiger partial charge in [0, 0.05) is 5.75 Å². The fourth-order valence-electron chi connectivity index (χ4n) is 1.15. The topological polar surface area (TPSA) is 27.7 Å². The molecule has 0 saturated heterocycles. The Morgan fingerprint density at radius 3 is 2.35 bits per heavy atom. The monoisotopic (exact) mass is 384 g/mol. The van der Waals surface area contributed by atoms with Gasteiger partial charge in [-0.25, -0.2) is 0 Å². The van der Waals surface area contributed by atoms with Gasteiger partial charge in [-0.3, -0.25) is 0 Å². The summed E-state index contributed by atoms with van der Waals surface area (Å²) < 4.78 is 17.7. The Bertz CT molecular complexity index is 361. The van der Waals surface area contributed by atoms with E-state index >= 15 is 0 Å². The molecule has 0 spiro atoms. The van der Waals surface area contributed by atoms with Crippen LogP contribution in [0.2, 0.25) is 0 Å². The Morgan fingerprint density at radius 1 is 1.06 bits per heavy atom. The normalized spacial score (nSPS) is 10.4. The van der Waals surface area contributed by atoms with Gasteiger partial charge in [-0.1, -0.05) is 0 Å². The molecule has 0 aliphatic rings. The van der Waals surface area contributed by atoms with Crippen molar-refractivity contribution in [1.82, 2.24) is 0 Å². The van der Waals surface area contributed by atoms with E-state index < -0.39 is 0 Å². The first-order valence-corrected chi connectivity index (χ1v) is 7.25. The molecule has 0 aliphatic carbocycles. The zero-order valence-electron chi connectivity index (χ0n) is 9.41. The van der Waals surface area contributed by atoms with Crippen LogP contribution in [0.15, 0.2) is 21.1 Å². The highest BCUT2D eigenvalue weighted by atomic mass is 79.9. The molecule has 0 heterocycles. The average Bonchev–Trinajstić information content (AvgIpc) is 2.32. The Kier molecular flexibility index (Phi) is 7.34. The molecule has 1 rings (SSSR count). The van der Waals surface area contributed by atoms with Crippen LogP contribution in [0.3, 0.4) is 0 Å². The lowest BCUT2D eigenvalue weighted by atomic mass is 10.3. The van der Waals surface area contributed by atoms with Crippen LogP contribution < -0.4 is 9.47 Å². The zero-order chi connectivity index (χ0) is 12.7. The summed E-state index contributed by atoms with van der Waals surface area (Å²) in [5.41, 5.74) is 0. The molecule has 6 heteroatoms. The van der Waals surface area contributed by atoms with Gasteiger partial charge in [0.25, 0.3) is 0 Å². The number of ether oxygens (including phenoxy) is 3. The second-order valence-corrected chi connectivity index (χ2v) is 5.26. The van der Waals surface area contributed by atoms with Crippen LogP contribution in [0, 0.1) is 0 Å². The number of hydrogen-bond acceptors (Lipinski definition) is 4. The van der Waals surface area contributed by atoms with Crippen LogP contribution in [0.1, 0.15) is 0 Å². The molecule has 1 aromatic carbocycles. The van der Waals surface area contributed by atoms with E-state index in [1.165, 1.54) is 0 Å². The maximum Gasteiger partial charge on any atom is 0.134 e. The van der Waals surface area contributed by atoms with Crippen LogP contribution in [0.25, 0.3) is 0 Å². The van der Waals surface area contributed by atoms with Gasteiger partial charge in [0.15, 0.2) is 0 Å². The highest BCUT2D eigenvalue weighted by Gasteiger charge is 2.07. The molecule has 0 saturated carbocycles. The summed E-state index contributed by atoms with van der Waals surface area (Å²) >= 11 is 10.9. The van der Waals surface area contributed by atoms with Crippen molar-refractivity contribution in [3.05, 3.63) is 21.1 Å². The van der Waals surface area contributed by atoms with E-state index in [9.17, 15) is 0 Å². The van der Waals surface area contributed by atoms with Crippen molar-refractivity contribution < 1.29 is 14.2 Å². The lowest BCUT2D eigenvalue weighted by Gasteiger charge is -2.11. The van der Waals surface area contributed by atoms with Gasteiger partial charge in [-0.15, -0.1) is 0 Å². The van der Waals surface area contributed by atoms with Gasteiger partial charge in [-0.2, -0.15) is 12.6 Å². The molecule has 0 fully saturated rings. The summed E-state index contributed by atoms with van der Waals surface area (Å²) in [6.07, 6.45) is 0. The molecule has 17 heavy (non-hydrogen) atoms. The van der Waals surface area contributed by atoms with Crippen LogP contribution in [-0.4, -0.2) is 32.7 Å². The summed E-state index contributed by atoms with van der Waals surface area (Å²) in [7, 11) is 1.62. The molecule has 0 bridgehead atoms. The number of thiol groups is 1. The number of methoxy groups -OCH3 is 1. The minimum Gasteiger partial charge on any atom is -0.496 e. The standard InChI is InChI=1S/C11H14Br2O3S/c1-14-10-6-9(13)11(7-8(10)12)16-3-2-15-4-5-17/h6-7,17H,2-5H2,1H3. The molecule has 0 aromatic heterocycles. The zero-order valence-corrected chi connectivity index (χ0v) is 13.5. The van der Waals surface area contributed by atoms with E-state index in [1.54, 1.807) is 7.11 Å². The first kappa shape index (κ1) is 15.1. The fourth-order valence-corrected chi connectivity index (χ4v) is 2.20. The smallest absolute Gasteiger partial charge is 0.134 e. The second-order valence-electron chi connectivity index (χ2n) is 3.10. The molecule has 0 amide bonds. The van der Waals surface area contributed by atoms with Gasteiger partial charge in [0.05, 0.1) is 29.3 Å². The van der Waals surface area contributed by atoms with Gasteiger partial charge in [0.1, 0.15) is 18.1 Å². The quantitative estimate of drug-likeness (QED) is 0.574. The first-order chi connectivity index (χ1) is 8.19. The number of halogens is 2. The highest BCUT2D eigenvalue weighted by molar-refractivity contribution is 9.11. The number of hydrogen-bond donors (Lipinski definition) is 1. The van der Waals surface area contributed by atoms with E-state index in [-0.39, 0.29) is 0 Å². The highest BCUT2D eigenvalue weighted by Crippen LogP contribution is 2.35. The predicted octanol–water partition coefficient (Wildman–Crippen LogP) is 3.55. The molecule has 0 unspecified atom stereocenters. The van der Waals surface area contributed by atoms with Crippen LogP contribution in [-0.2, 0) is 4.74 Å². The van der Waals surface area contributed by atoms with Crippen molar-refractivity contribution in [2.75, 3.05) is 32.7 Å². The van der Waals surface area contributed by atoms with Crippen LogP contribution >= 0.6 is 44.5 Å². The van der Waals surface area contributed by atoms with Gasteiger partial charge in [-0.05, 0) is 44.0 Å². The molecule has 3 nitrogen and oxygen atoms in total. The first-order valence-electron chi connectivity index (χ1n) is 5.03. The molecular formula is C11H14Br2O3S. The molecule has 96 valence electrons. The third kappa shape index (κ3) is 5.07. The summed E-state index contributed by atoms with van der Waals surface area (Å²) in [4.78, 5) is 0. The van der Waals surface area contributed by atoms with E-state index in [1.807, 2.05) is 12.1 Å². The SMILES string of the molecule is COc1cc(Br)c(OCCOCCS)cc1Br. The minimum atomic E-state index is 0.505. The fraction of sp³-hybridized carbons (Fsp3) is 0.455. The van der Waals surface area contributed by atoms with Crippen molar-refractivity contribution in [1.29, 1.82) is 0 Å². The Hall–Kier alpha value is 0.0900. The largest absolute Gasteiger partial charge is 0.496 e. The molecule has 1 aromatic rings. The summed E-state index contributed by atoms with van der Waals surface area (Å²) in [5.74, 6) is 2.24. The summed E-state index contributed by atoms with van der Waals surface area (Å²) in [5, 5.41) is 0. The van der Waals surface area contributed by atoms with Gasteiger partial charge >= 0.3 is 0 Å². The molecule has 0 radical (unpaired) electrons. The average molecular weight is 386 g/mol. The third-order valence-electron chi connectivity index (χ3n) is 1.93. The van der Waals surface area contributed by atoms with Crippen LogP contribution in [0.5, 0.6) is 11.5 Å². The van der Waals surface area contributed by atoms with Crippen molar-refractivity contribution >= 4 is 44.5 Å². The van der Waals surface area contributed by atoms with E-state index in [2.05, 4.69) is 44.5 Å². The van der Waals surface area contributed by atoms with E-state index in [0.29, 0.717) is 19.8 Å². The minimum absolute atomic E-state index is 0.505. The molecular weight excluding hydrogens is 372 g/mol. The third-order valence-corrected chi connectivity index (χ3v) is 3.35. The maximum absolute atomic E-state index is 5.58. The predicted molar refractivity (Wildman–Crippen MR) is 78.6 cm³/mol. The van der Waals surface area contributed by atoms with E-state index in [0.717, 1.165) is 26.2 Å². The summed E-state index contributed by atoms with van der Waals surface area (Å²) in [6, 6.07) is 3.72. The Balaban J connectivity index is 2.51. The molecule has 0 N–H and O–H groups in total. The number of rotatable bonds is 7.